The summed E-state index contributed by atoms with van der Waals surface area (Å²) in [4.78, 5) is 12.9. The van der Waals surface area contributed by atoms with Crippen LogP contribution in [-0.4, -0.2) is 12.6 Å². The molecule has 0 N–H and O–H groups in total. The van der Waals surface area contributed by atoms with Crippen LogP contribution in [0.5, 0.6) is 0 Å². The highest BCUT2D eigenvalue weighted by Crippen LogP contribution is 2.10. The Morgan fingerprint density at radius 3 is 2.38 bits per heavy atom. The minimum absolute atomic E-state index is 0.128. The molecule has 2 nitrogen and oxygen atoms in total. The van der Waals surface area contributed by atoms with Crippen molar-refractivity contribution in [2.75, 3.05) is 6.54 Å². The third-order valence-electron chi connectivity index (χ3n) is 0.572. The summed E-state index contributed by atoms with van der Waals surface area (Å²) in [6.07, 6.45) is 1.46. The van der Waals surface area contributed by atoms with Gasteiger partial charge in [0, 0.05) is 0 Å². The molecule has 0 fully saturated rings. The van der Waals surface area contributed by atoms with E-state index in [1.54, 1.807) is 0 Å². The second-order valence-electron chi connectivity index (χ2n) is 2.57. The molecule has 0 aromatic carbocycles. The molecule has 2 heteroatoms. The second-order valence-corrected chi connectivity index (χ2v) is 2.57. The molecule has 0 heterocycles. The Hall–Kier alpha value is -0.620. The molecule has 0 atom stereocenters. The molecule has 0 saturated heterocycles. The standard InChI is InChI=1S/C6H10NO/c1-6(2,3)4-7-5-8/h1,4H2,2-3H3. The van der Waals surface area contributed by atoms with Gasteiger partial charge in [0.1, 0.15) is 0 Å². The van der Waals surface area contributed by atoms with Gasteiger partial charge in [-0.05, 0) is 12.3 Å². The summed E-state index contributed by atoms with van der Waals surface area (Å²) in [5.74, 6) is 0. The molecule has 0 unspecified atom stereocenters. The number of nitrogens with zero attached hydrogens (tertiary/aromatic N) is 1. The van der Waals surface area contributed by atoms with Crippen molar-refractivity contribution in [3.63, 3.8) is 0 Å². The van der Waals surface area contributed by atoms with E-state index in [0.29, 0.717) is 6.54 Å². The number of aliphatic imine (C=N–C) groups is 1. The quantitative estimate of drug-likeness (QED) is 0.389. The molecular weight excluding hydrogens is 102 g/mol. The van der Waals surface area contributed by atoms with Crippen LogP contribution in [-0.2, 0) is 4.79 Å². The van der Waals surface area contributed by atoms with Crippen molar-refractivity contribution in [1.82, 2.24) is 0 Å². The highest BCUT2D eigenvalue weighted by atomic mass is 16.1. The maximum Gasteiger partial charge on any atom is 0.234 e. The zero-order valence-corrected chi connectivity index (χ0v) is 5.27. The van der Waals surface area contributed by atoms with Crippen molar-refractivity contribution in [2.45, 2.75) is 13.8 Å². The number of isocyanates is 1. The highest BCUT2D eigenvalue weighted by molar-refractivity contribution is 5.32. The molecule has 8 heavy (non-hydrogen) atoms. The van der Waals surface area contributed by atoms with E-state index < -0.39 is 0 Å². The van der Waals surface area contributed by atoms with Gasteiger partial charge < -0.3 is 0 Å². The molecule has 0 saturated carbocycles. The van der Waals surface area contributed by atoms with Crippen LogP contribution in [0.2, 0.25) is 0 Å². The van der Waals surface area contributed by atoms with Crippen molar-refractivity contribution in [1.29, 1.82) is 0 Å². The average molecular weight is 112 g/mol. The summed E-state index contributed by atoms with van der Waals surface area (Å²) in [5.41, 5.74) is -0.128. The smallest absolute Gasteiger partial charge is 0.211 e. The Morgan fingerprint density at radius 1 is 1.75 bits per heavy atom. The molecule has 0 aromatic rings. The van der Waals surface area contributed by atoms with E-state index in [4.69, 9.17) is 0 Å². The van der Waals surface area contributed by atoms with Crippen LogP contribution in [0, 0.1) is 12.3 Å². The molecule has 45 valence electrons. The molecule has 0 rings (SSSR count). The van der Waals surface area contributed by atoms with Gasteiger partial charge in [-0.3, -0.25) is 0 Å². The van der Waals surface area contributed by atoms with Crippen LogP contribution in [0.4, 0.5) is 0 Å². The molecule has 0 aliphatic carbocycles. The molecule has 0 aliphatic rings. The number of hydrogen-bond acceptors (Lipinski definition) is 2. The van der Waals surface area contributed by atoms with Crippen LogP contribution in [0.15, 0.2) is 4.99 Å². The molecule has 1 radical (unpaired) electrons. The molecular formula is C6H10NO. The van der Waals surface area contributed by atoms with Crippen LogP contribution >= 0.6 is 0 Å². The van der Waals surface area contributed by atoms with Gasteiger partial charge in [-0.2, -0.15) is 0 Å². The molecule has 0 spiro atoms. The van der Waals surface area contributed by atoms with Crippen molar-refractivity contribution in [3.8, 4) is 0 Å². The topological polar surface area (TPSA) is 29.4 Å². The zero-order chi connectivity index (χ0) is 6.62. The van der Waals surface area contributed by atoms with E-state index in [-0.39, 0.29) is 5.41 Å². The fraction of sp³-hybridized carbons (Fsp3) is 0.667. The third kappa shape index (κ3) is 5.38. The van der Waals surface area contributed by atoms with E-state index in [1.165, 1.54) is 6.08 Å². The van der Waals surface area contributed by atoms with Crippen LogP contribution in [0.1, 0.15) is 13.8 Å². The molecule has 0 amide bonds. The van der Waals surface area contributed by atoms with Gasteiger partial charge in [0.2, 0.25) is 6.08 Å². The van der Waals surface area contributed by atoms with Crippen LogP contribution in [0.3, 0.4) is 0 Å². The number of carbonyl (C=O) groups excluding carboxylic acids is 1. The van der Waals surface area contributed by atoms with E-state index in [1.807, 2.05) is 13.8 Å². The van der Waals surface area contributed by atoms with Gasteiger partial charge in [0.15, 0.2) is 0 Å². The zero-order valence-electron chi connectivity index (χ0n) is 5.27. The third-order valence-corrected chi connectivity index (χ3v) is 0.572. The lowest BCUT2D eigenvalue weighted by Gasteiger charge is -2.11. The van der Waals surface area contributed by atoms with E-state index in [9.17, 15) is 4.79 Å². The largest absolute Gasteiger partial charge is 0.234 e. The van der Waals surface area contributed by atoms with Gasteiger partial charge in [0.25, 0.3) is 0 Å². The first-order chi connectivity index (χ1) is 3.56. The van der Waals surface area contributed by atoms with Crippen LogP contribution < -0.4 is 0 Å². The maximum absolute atomic E-state index is 9.53. The average Bonchev–Trinajstić information content (AvgIpc) is 1.59. The lowest BCUT2D eigenvalue weighted by atomic mass is 9.98. The predicted octanol–water partition coefficient (Wildman–Crippen LogP) is 1.18. The van der Waals surface area contributed by atoms with Crippen molar-refractivity contribution in [2.24, 2.45) is 10.4 Å². The maximum atomic E-state index is 9.53. The fourth-order valence-electron chi connectivity index (χ4n) is 0.246. The number of hydrogen-bond donors (Lipinski definition) is 0. The Bertz CT molecular complexity index is 106. The Labute approximate surface area is 49.6 Å². The summed E-state index contributed by atoms with van der Waals surface area (Å²) in [5, 5.41) is 0. The number of rotatable bonds is 2. The van der Waals surface area contributed by atoms with E-state index in [2.05, 4.69) is 11.9 Å². The normalized spacial score (nSPS) is 10.4. The van der Waals surface area contributed by atoms with Gasteiger partial charge >= 0.3 is 0 Å². The van der Waals surface area contributed by atoms with Crippen molar-refractivity contribution < 1.29 is 4.79 Å². The molecule has 0 bridgehead atoms. The Kier molecular flexibility index (Phi) is 2.43. The second kappa shape index (κ2) is 2.63. The summed E-state index contributed by atoms with van der Waals surface area (Å²) >= 11 is 0. The minimum atomic E-state index is -0.128. The first-order valence-corrected chi connectivity index (χ1v) is 2.45. The highest BCUT2D eigenvalue weighted by Gasteiger charge is 2.07. The van der Waals surface area contributed by atoms with Crippen molar-refractivity contribution in [3.05, 3.63) is 6.92 Å². The van der Waals surface area contributed by atoms with E-state index in [0.717, 1.165) is 0 Å². The predicted molar refractivity (Wildman–Crippen MR) is 32.1 cm³/mol. The van der Waals surface area contributed by atoms with Crippen molar-refractivity contribution >= 4 is 6.08 Å². The summed E-state index contributed by atoms with van der Waals surface area (Å²) in [6.45, 7) is 8.01. The summed E-state index contributed by atoms with van der Waals surface area (Å²) < 4.78 is 0. The van der Waals surface area contributed by atoms with Gasteiger partial charge in [-0.1, -0.05) is 13.8 Å². The summed E-state index contributed by atoms with van der Waals surface area (Å²) in [6, 6.07) is 0. The minimum Gasteiger partial charge on any atom is -0.211 e. The first-order valence-electron chi connectivity index (χ1n) is 2.45. The SMILES string of the molecule is [CH2]C(C)(C)CN=C=O. The van der Waals surface area contributed by atoms with E-state index >= 15 is 0 Å². The van der Waals surface area contributed by atoms with Gasteiger partial charge in [-0.25, -0.2) is 9.79 Å². The van der Waals surface area contributed by atoms with Gasteiger partial charge in [-0.15, -0.1) is 0 Å². The van der Waals surface area contributed by atoms with Crippen LogP contribution in [0.25, 0.3) is 0 Å². The fourth-order valence-corrected chi connectivity index (χ4v) is 0.246. The molecule has 0 aromatic heterocycles. The lowest BCUT2D eigenvalue weighted by Crippen LogP contribution is -2.09. The summed E-state index contributed by atoms with van der Waals surface area (Å²) in [7, 11) is 0. The Morgan fingerprint density at radius 2 is 2.25 bits per heavy atom. The lowest BCUT2D eigenvalue weighted by molar-refractivity contribution is 0.485. The Balaban J connectivity index is 3.55. The monoisotopic (exact) mass is 112 g/mol. The first kappa shape index (κ1) is 7.38. The van der Waals surface area contributed by atoms with Gasteiger partial charge in [0.05, 0.1) is 6.54 Å². The molecule has 0 aliphatic heterocycles.